The smallest absolute Gasteiger partial charge is 0.338 e. The zero-order valence-corrected chi connectivity index (χ0v) is 15.1. The number of benzene rings is 2. The van der Waals surface area contributed by atoms with E-state index in [1.807, 2.05) is 0 Å². The molecule has 140 valence electrons. The quantitative estimate of drug-likeness (QED) is 0.648. The van der Waals surface area contributed by atoms with Gasteiger partial charge in [-0.15, -0.1) is 0 Å². The van der Waals surface area contributed by atoms with Gasteiger partial charge in [-0.3, -0.25) is 4.79 Å². The molecule has 0 saturated carbocycles. The minimum Gasteiger partial charge on any atom is -0.497 e. The number of hydrogen-bond donors (Lipinski definition) is 2. The molecule has 3 aromatic rings. The molecule has 1 aromatic heterocycles. The lowest BCUT2D eigenvalue weighted by Gasteiger charge is -2.16. The Morgan fingerprint density at radius 1 is 1.11 bits per heavy atom. The van der Waals surface area contributed by atoms with Crippen molar-refractivity contribution in [3.8, 4) is 11.5 Å². The molecule has 3 rings (SSSR count). The first kappa shape index (κ1) is 18.2. The zero-order chi connectivity index (χ0) is 19.4. The molecule has 0 bridgehead atoms. The van der Waals surface area contributed by atoms with Gasteiger partial charge in [-0.05, 0) is 37.3 Å². The van der Waals surface area contributed by atoms with Crippen LogP contribution in [0.1, 0.15) is 17.3 Å². The standard InChI is InChI=1S/C19H19N3O5/c1-11(18(23)22-16-9-13(25-2)5-7-17(16)26-3)27-19(24)12-4-6-14-15(8-12)21-10-20-14/h4-11H,1-3H3,(H,20,21)(H,22,23). The maximum atomic E-state index is 12.4. The van der Waals surface area contributed by atoms with Crippen molar-refractivity contribution in [2.24, 2.45) is 0 Å². The van der Waals surface area contributed by atoms with Crippen LogP contribution >= 0.6 is 0 Å². The topological polar surface area (TPSA) is 103 Å². The molecule has 0 spiro atoms. The Kier molecular flexibility index (Phi) is 5.25. The van der Waals surface area contributed by atoms with Crippen molar-refractivity contribution in [1.82, 2.24) is 9.97 Å². The van der Waals surface area contributed by atoms with Gasteiger partial charge in [0.2, 0.25) is 0 Å². The summed E-state index contributed by atoms with van der Waals surface area (Å²) in [6.45, 7) is 1.49. The predicted octanol–water partition coefficient (Wildman–Crippen LogP) is 2.76. The van der Waals surface area contributed by atoms with Gasteiger partial charge in [-0.25, -0.2) is 9.78 Å². The number of aromatic nitrogens is 2. The molecule has 0 radical (unpaired) electrons. The highest BCUT2D eigenvalue weighted by atomic mass is 16.5. The van der Waals surface area contributed by atoms with Crippen molar-refractivity contribution in [2.75, 3.05) is 19.5 Å². The third-order valence-electron chi connectivity index (χ3n) is 3.97. The van der Waals surface area contributed by atoms with Crippen LogP contribution in [-0.2, 0) is 9.53 Å². The maximum absolute atomic E-state index is 12.4. The summed E-state index contributed by atoms with van der Waals surface area (Å²) in [5.74, 6) is -0.0692. The molecule has 0 saturated heterocycles. The van der Waals surface area contributed by atoms with E-state index < -0.39 is 18.0 Å². The van der Waals surface area contributed by atoms with Crippen LogP contribution in [0.3, 0.4) is 0 Å². The number of rotatable bonds is 6. The van der Waals surface area contributed by atoms with Crippen molar-refractivity contribution in [1.29, 1.82) is 0 Å². The Morgan fingerprint density at radius 2 is 1.93 bits per heavy atom. The second-order valence-electron chi connectivity index (χ2n) is 5.74. The van der Waals surface area contributed by atoms with E-state index in [1.54, 1.807) is 36.4 Å². The first-order valence-electron chi connectivity index (χ1n) is 8.19. The first-order chi connectivity index (χ1) is 13.0. The summed E-state index contributed by atoms with van der Waals surface area (Å²) in [6.07, 6.45) is 0.531. The van der Waals surface area contributed by atoms with Crippen LogP contribution < -0.4 is 14.8 Å². The number of esters is 1. The number of hydrogen-bond acceptors (Lipinski definition) is 6. The molecule has 1 heterocycles. The zero-order valence-electron chi connectivity index (χ0n) is 15.1. The van der Waals surface area contributed by atoms with Gasteiger partial charge in [0.25, 0.3) is 5.91 Å². The van der Waals surface area contributed by atoms with Gasteiger partial charge >= 0.3 is 5.97 Å². The summed E-state index contributed by atoms with van der Waals surface area (Å²) in [4.78, 5) is 31.8. The first-order valence-corrected chi connectivity index (χ1v) is 8.19. The average Bonchev–Trinajstić information content (AvgIpc) is 3.15. The Hall–Kier alpha value is -3.55. The lowest BCUT2D eigenvalue weighted by atomic mass is 10.2. The Labute approximate surface area is 155 Å². The molecule has 0 aliphatic rings. The molecular weight excluding hydrogens is 350 g/mol. The Morgan fingerprint density at radius 3 is 2.67 bits per heavy atom. The highest BCUT2D eigenvalue weighted by molar-refractivity contribution is 5.99. The highest BCUT2D eigenvalue weighted by Crippen LogP contribution is 2.29. The van der Waals surface area contributed by atoms with Gasteiger partial charge in [0.15, 0.2) is 6.10 Å². The maximum Gasteiger partial charge on any atom is 0.338 e. The number of methoxy groups -OCH3 is 2. The van der Waals surface area contributed by atoms with Crippen LogP contribution in [0.15, 0.2) is 42.7 Å². The number of nitrogens with zero attached hydrogens (tertiary/aromatic N) is 1. The number of fused-ring (bicyclic) bond motifs is 1. The average molecular weight is 369 g/mol. The summed E-state index contributed by atoms with van der Waals surface area (Å²) in [6, 6.07) is 9.93. The van der Waals surface area contributed by atoms with Gasteiger partial charge in [-0.2, -0.15) is 0 Å². The van der Waals surface area contributed by atoms with Crippen LogP contribution in [0.25, 0.3) is 11.0 Å². The molecule has 2 N–H and O–H groups in total. The van der Waals surface area contributed by atoms with Crippen LogP contribution in [0.4, 0.5) is 5.69 Å². The monoisotopic (exact) mass is 369 g/mol. The van der Waals surface area contributed by atoms with Gasteiger partial charge in [0.05, 0.1) is 42.8 Å². The molecule has 1 amide bonds. The molecule has 0 fully saturated rings. The second-order valence-corrected chi connectivity index (χ2v) is 5.74. The lowest BCUT2D eigenvalue weighted by Crippen LogP contribution is -2.30. The number of H-pyrrole nitrogens is 1. The molecule has 0 aliphatic heterocycles. The summed E-state index contributed by atoms with van der Waals surface area (Å²) in [7, 11) is 3.01. The molecule has 2 aromatic carbocycles. The lowest BCUT2D eigenvalue weighted by molar-refractivity contribution is -0.123. The third-order valence-corrected chi connectivity index (χ3v) is 3.97. The van der Waals surface area contributed by atoms with Crippen LogP contribution in [-0.4, -0.2) is 42.2 Å². The molecule has 8 heteroatoms. The molecule has 0 aliphatic carbocycles. The number of anilines is 1. The fourth-order valence-corrected chi connectivity index (χ4v) is 2.49. The van der Waals surface area contributed by atoms with Crippen molar-refractivity contribution in [2.45, 2.75) is 13.0 Å². The number of nitrogens with one attached hydrogen (secondary N) is 2. The van der Waals surface area contributed by atoms with E-state index in [1.165, 1.54) is 27.5 Å². The van der Waals surface area contributed by atoms with E-state index in [9.17, 15) is 9.59 Å². The summed E-state index contributed by atoms with van der Waals surface area (Å²) in [5, 5.41) is 2.68. The van der Waals surface area contributed by atoms with E-state index in [4.69, 9.17) is 14.2 Å². The number of carbonyl (C=O) groups excluding carboxylic acids is 2. The van der Waals surface area contributed by atoms with E-state index in [0.717, 1.165) is 5.52 Å². The number of carbonyl (C=O) groups is 2. The molecular formula is C19H19N3O5. The van der Waals surface area contributed by atoms with E-state index >= 15 is 0 Å². The van der Waals surface area contributed by atoms with Gasteiger partial charge in [0, 0.05) is 6.07 Å². The van der Waals surface area contributed by atoms with Crippen molar-refractivity contribution in [3.63, 3.8) is 0 Å². The molecule has 8 nitrogen and oxygen atoms in total. The van der Waals surface area contributed by atoms with Crippen molar-refractivity contribution in [3.05, 3.63) is 48.3 Å². The largest absolute Gasteiger partial charge is 0.497 e. The van der Waals surface area contributed by atoms with Gasteiger partial charge < -0.3 is 24.5 Å². The molecule has 1 atom stereocenters. The van der Waals surface area contributed by atoms with Gasteiger partial charge in [-0.1, -0.05) is 0 Å². The van der Waals surface area contributed by atoms with Crippen LogP contribution in [0, 0.1) is 0 Å². The summed E-state index contributed by atoms with van der Waals surface area (Å²) < 4.78 is 15.6. The third kappa shape index (κ3) is 4.00. The highest BCUT2D eigenvalue weighted by Gasteiger charge is 2.21. The summed E-state index contributed by atoms with van der Waals surface area (Å²) in [5.41, 5.74) is 2.19. The van der Waals surface area contributed by atoms with Crippen LogP contribution in [0.5, 0.6) is 11.5 Å². The second kappa shape index (κ2) is 7.77. The van der Waals surface area contributed by atoms with E-state index in [-0.39, 0.29) is 0 Å². The predicted molar refractivity (Wildman–Crippen MR) is 99.1 cm³/mol. The fraction of sp³-hybridized carbons (Fsp3) is 0.211. The van der Waals surface area contributed by atoms with Crippen molar-refractivity contribution < 1.29 is 23.8 Å². The van der Waals surface area contributed by atoms with Gasteiger partial charge in [0.1, 0.15) is 11.5 Å². The van der Waals surface area contributed by atoms with Crippen LogP contribution in [0.2, 0.25) is 0 Å². The Balaban J connectivity index is 1.69. The minimum absolute atomic E-state index is 0.324. The SMILES string of the molecule is COc1ccc(OC)c(NC(=O)C(C)OC(=O)c2ccc3nc[nH]c3c2)c1. The van der Waals surface area contributed by atoms with E-state index in [0.29, 0.717) is 28.3 Å². The molecule has 1 unspecified atom stereocenters. The minimum atomic E-state index is -1.01. The normalized spacial score (nSPS) is 11.7. The van der Waals surface area contributed by atoms with E-state index in [2.05, 4.69) is 15.3 Å². The summed E-state index contributed by atoms with van der Waals surface area (Å²) >= 11 is 0. The fourth-order valence-electron chi connectivity index (χ4n) is 2.49. The number of imidazole rings is 1. The number of ether oxygens (including phenoxy) is 3. The molecule has 27 heavy (non-hydrogen) atoms. The number of aromatic amines is 1. The van der Waals surface area contributed by atoms with Crippen molar-refractivity contribution >= 4 is 28.6 Å². The number of amides is 1. The Bertz CT molecular complexity index is 982.